The van der Waals surface area contributed by atoms with Gasteiger partial charge in [0.1, 0.15) is 0 Å². The van der Waals surface area contributed by atoms with E-state index in [0.29, 0.717) is 35.2 Å². The number of carbonyl (C=O) groups is 1. The van der Waals surface area contributed by atoms with Crippen molar-refractivity contribution in [3.05, 3.63) is 48.0 Å². The van der Waals surface area contributed by atoms with E-state index in [9.17, 15) is 22.0 Å². The number of benzene rings is 2. The van der Waals surface area contributed by atoms with E-state index in [1.165, 1.54) is 36.4 Å². The largest absolute Gasteiger partial charge is 0.326 e. The molecule has 1 heterocycles. The molecule has 0 aromatic heterocycles. The lowest BCUT2D eigenvalue weighted by molar-refractivity contribution is -0.116. The van der Waals surface area contributed by atoms with Crippen molar-refractivity contribution >= 4 is 39.1 Å². The van der Waals surface area contributed by atoms with Crippen molar-refractivity contribution in [1.82, 2.24) is 0 Å². The third-order valence-electron chi connectivity index (χ3n) is 3.61. The second kappa shape index (κ2) is 7.01. The molecular formula is C16H14F2N2O3S2. The summed E-state index contributed by atoms with van der Waals surface area (Å²) in [6.07, 6.45) is 0.789. The van der Waals surface area contributed by atoms with E-state index in [-0.39, 0.29) is 16.5 Å². The van der Waals surface area contributed by atoms with Crippen LogP contribution < -0.4 is 10.0 Å². The van der Waals surface area contributed by atoms with Gasteiger partial charge in [0, 0.05) is 22.7 Å². The van der Waals surface area contributed by atoms with Crippen LogP contribution in [-0.4, -0.2) is 20.1 Å². The minimum absolute atomic E-state index is 0.0773. The summed E-state index contributed by atoms with van der Waals surface area (Å²) >= 11 is 0.392. The van der Waals surface area contributed by atoms with Crippen LogP contribution in [0.25, 0.3) is 0 Å². The number of carbonyl (C=O) groups excluding carboxylic acids is 1. The van der Waals surface area contributed by atoms with Crippen molar-refractivity contribution in [2.45, 2.75) is 28.4 Å². The van der Waals surface area contributed by atoms with Crippen LogP contribution in [0.1, 0.15) is 12.0 Å². The van der Waals surface area contributed by atoms with Crippen molar-refractivity contribution in [3.8, 4) is 0 Å². The first kappa shape index (κ1) is 17.7. The lowest BCUT2D eigenvalue weighted by Gasteiger charge is -2.18. The zero-order valence-corrected chi connectivity index (χ0v) is 14.5. The van der Waals surface area contributed by atoms with Crippen LogP contribution >= 0.6 is 11.8 Å². The Labute approximate surface area is 147 Å². The number of thioether (sulfide) groups is 1. The fourth-order valence-electron chi connectivity index (χ4n) is 2.45. The van der Waals surface area contributed by atoms with E-state index in [4.69, 9.17) is 0 Å². The maximum Gasteiger partial charge on any atom is 0.288 e. The fourth-order valence-corrected chi connectivity index (χ4v) is 4.05. The maximum atomic E-state index is 12.5. The topological polar surface area (TPSA) is 75.3 Å². The number of nitrogens with one attached hydrogen (secondary N) is 2. The van der Waals surface area contributed by atoms with E-state index in [1.807, 2.05) is 0 Å². The lowest BCUT2D eigenvalue weighted by atomic mass is 10.0. The smallest absolute Gasteiger partial charge is 0.288 e. The molecule has 0 saturated heterocycles. The van der Waals surface area contributed by atoms with Gasteiger partial charge in [-0.25, -0.2) is 8.42 Å². The zero-order chi connectivity index (χ0) is 18.0. The minimum atomic E-state index is -3.81. The third-order valence-corrected chi connectivity index (χ3v) is 5.72. The summed E-state index contributed by atoms with van der Waals surface area (Å²) in [5.41, 5.74) is 1.65. The first-order chi connectivity index (χ1) is 11.8. The zero-order valence-electron chi connectivity index (χ0n) is 12.8. The molecule has 0 atom stereocenters. The summed E-state index contributed by atoms with van der Waals surface area (Å²) in [6.45, 7) is 0. The Morgan fingerprint density at radius 2 is 1.80 bits per heavy atom. The van der Waals surface area contributed by atoms with Gasteiger partial charge in [-0.2, -0.15) is 8.78 Å². The first-order valence-corrected chi connectivity index (χ1v) is 9.70. The summed E-state index contributed by atoms with van der Waals surface area (Å²) in [4.78, 5) is 11.8. The number of alkyl halides is 2. The van der Waals surface area contributed by atoms with E-state index in [0.717, 1.165) is 5.56 Å². The molecule has 25 heavy (non-hydrogen) atoms. The third kappa shape index (κ3) is 4.29. The standard InChI is InChI=1S/C16H14F2N2O3S2/c17-16(18)24-12-4-2-11(3-5-12)20-25(22,23)13-6-7-14-10(9-13)1-8-15(21)19-14/h2-7,9,16,20H,1,8H2,(H,19,21). The Morgan fingerprint density at radius 1 is 1.08 bits per heavy atom. The van der Waals surface area contributed by atoms with E-state index < -0.39 is 15.8 Å². The quantitative estimate of drug-likeness (QED) is 0.771. The van der Waals surface area contributed by atoms with Gasteiger partial charge in [0.15, 0.2) is 0 Å². The first-order valence-electron chi connectivity index (χ1n) is 7.34. The lowest BCUT2D eigenvalue weighted by Crippen LogP contribution is -2.20. The highest BCUT2D eigenvalue weighted by Gasteiger charge is 2.20. The predicted molar refractivity (Wildman–Crippen MR) is 92.5 cm³/mol. The van der Waals surface area contributed by atoms with Gasteiger partial charge in [-0.1, -0.05) is 11.8 Å². The monoisotopic (exact) mass is 384 g/mol. The summed E-state index contributed by atoms with van der Waals surface area (Å²) in [6, 6.07) is 10.2. The van der Waals surface area contributed by atoms with Crippen LogP contribution in [0.2, 0.25) is 0 Å². The molecule has 1 aliphatic heterocycles. The van der Waals surface area contributed by atoms with E-state index >= 15 is 0 Å². The molecule has 0 fully saturated rings. The minimum Gasteiger partial charge on any atom is -0.326 e. The molecule has 2 aromatic rings. The number of rotatable bonds is 5. The second-order valence-corrected chi connectivity index (χ2v) is 8.12. The van der Waals surface area contributed by atoms with Crippen LogP contribution in [0.15, 0.2) is 52.3 Å². The maximum absolute atomic E-state index is 12.5. The average molecular weight is 384 g/mol. The van der Waals surface area contributed by atoms with Gasteiger partial charge >= 0.3 is 0 Å². The summed E-state index contributed by atoms with van der Waals surface area (Å²) in [7, 11) is -3.81. The molecule has 0 unspecified atom stereocenters. The molecule has 0 spiro atoms. The van der Waals surface area contributed by atoms with Gasteiger partial charge in [-0.05, 0) is 54.4 Å². The molecule has 0 radical (unpaired) electrons. The molecular weight excluding hydrogens is 370 g/mol. The summed E-state index contributed by atoms with van der Waals surface area (Å²) < 4.78 is 52.0. The molecule has 0 aliphatic carbocycles. The Hall–Kier alpha value is -2.13. The molecule has 1 amide bonds. The van der Waals surface area contributed by atoms with E-state index in [1.54, 1.807) is 6.07 Å². The highest BCUT2D eigenvalue weighted by molar-refractivity contribution is 7.99. The van der Waals surface area contributed by atoms with Gasteiger partial charge in [0.2, 0.25) is 5.91 Å². The van der Waals surface area contributed by atoms with Gasteiger partial charge in [0.05, 0.1) is 4.90 Å². The molecule has 0 bridgehead atoms. The molecule has 9 heteroatoms. The van der Waals surface area contributed by atoms with Gasteiger partial charge in [-0.15, -0.1) is 0 Å². The number of anilines is 2. The average Bonchev–Trinajstić information content (AvgIpc) is 2.55. The van der Waals surface area contributed by atoms with Gasteiger partial charge in [-0.3, -0.25) is 9.52 Å². The number of fused-ring (bicyclic) bond motifs is 1. The highest BCUT2D eigenvalue weighted by Crippen LogP contribution is 2.28. The highest BCUT2D eigenvalue weighted by atomic mass is 32.2. The molecule has 0 saturated carbocycles. The van der Waals surface area contributed by atoms with Crippen LogP contribution in [0.3, 0.4) is 0 Å². The number of halogens is 2. The molecule has 2 aromatic carbocycles. The van der Waals surface area contributed by atoms with E-state index in [2.05, 4.69) is 10.0 Å². The van der Waals surface area contributed by atoms with Crippen LogP contribution in [0.4, 0.5) is 20.2 Å². The Balaban J connectivity index is 1.79. The molecule has 132 valence electrons. The summed E-state index contributed by atoms with van der Waals surface area (Å²) in [5, 5.41) is 2.69. The van der Waals surface area contributed by atoms with Crippen LogP contribution in [-0.2, 0) is 21.2 Å². The SMILES string of the molecule is O=C1CCc2cc(S(=O)(=O)Nc3ccc(SC(F)F)cc3)ccc2N1. The van der Waals surface area contributed by atoms with Crippen LogP contribution in [0, 0.1) is 0 Å². The summed E-state index contributed by atoms with van der Waals surface area (Å²) in [5.74, 6) is -2.62. The number of hydrogen-bond donors (Lipinski definition) is 2. The Morgan fingerprint density at radius 3 is 2.48 bits per heavy atom. The molecule has 5 nitrogen and oxygen atoms in total. The molecule has 3 rings (SSSR count). The van der Waals surface area contributed by atoms with Crippen LogP contribution in [0.5, 0.6) is 0 Å². The van der Waals surface area contributed by atoms with Gasteiger partial charge < -0.3 is 5.32 Å². The predicted octanol–water partition coefficient (Wildman–Crippen LogP) is 3.69. The van der Waals surface area contributed by atoms with Crippen molar-refractivity contribution in [1.29, 1.82) is 0 Å². The molecule has 2 N–H and O–H groups in total. The van der Waals surface area contributed by atoms with Crippen molar-refractivity contribution < 1.29 is 22.0 Å². The van der Waals surface area contributed by atoms with Crippen molar-refractivity contribution in [3.63, 3.8) is 0 Å². The van der Waals surface area contributed by atoms with Gasteiger partial charge in [0.25, 0.3) is 15.8 Å². The Kier molecular flexibility index (Phi) is 4.96. The second-order valence-electron chi connectivity index (χ2n) is 5.38. The molecule has 1 aliphatic rings. The number of amides is 1. The van der Waals surface area contributed by atoms with Crippen molar-refractivity contribution in [2.75, 3.05) is 10.0 Å². The number of hydrogen-bond acceptors (Lipinski definition) is 4. The fraction of sp³-hybridized carbons (Fsp3) is 0.188. The number of aryl methyl sites for hydroxylation is 1. The normalized spacial score (nSPS) is 14.1. The van der Waals surface area contributed by atoms with Crippen molar-refractivity contribution in [2.24, 2.45) is 0 Å². The Bertz CT molecular complexity index is 900. The number of sulfonamides is 1.